The highest BCUT2D eigenvalue weighted by molar-refractivity contribution is 5.90. The maximum absolute atomic E-state index is 11.6. The normalized spacial score (nSPS) is 10.6. The summed E-state index contributed by atoms with van der Waals surface area (Å²) in [5.41, 5.74) is 2.54. The number of hydrogen-bond acceptors (Lipinski definition) is 3. The molecule has 1 aromatic rings. The zero-order valence-electron chi connectivity index (χ0n) is 10.2. The van der Waals surface area contributed by atoms with E-state index < -0.39 is 5.97 Å². The van der Waals surface area contributed by atoms with Gasteiger partial charge in [-0.25, -0.2) is 4.79 Å². The van der Waals surface area contributed by atoms with Gasteiger partial charge in [-0.3, -0.25) is 4.89 Å². The average Bonchev–Trinajstić information content (AvgIpc) is 2.25. The molecular formula is C13H17O3. The van der Waals surface area contributed by atoms with E-state index in [0.717, 1.165) is 17.5 Å². The Labute approximate surface area is 96.3 Å². The second-order valence-corrected chi connectivity index (χ2v) is 3.83. The van der Waals surface area contributed by atoms with Crippen molar-refractivity contribution >= 4 is 5.97 Å². The molecule has 0 saturated heterocycles. The van der Waals surface area contributed by atoms with Gasteiger partial charge in [0.05, 0.1) is 5.56 Å². The molecular weight excluding hydrogens is 204 g/mol. The summed E-state index contributed by atoms with van der Waals surface area (Å²) in [5, 5.41) is 0. The third kappa shape index (κ3) is 3.35. The first-order valence-corrected chi connectivity index (χ1v) is 5.33. The summed E-state index contributed by atoms with van der Waals surface area (Å²) in [4.78, 5) is 21.2. The Kier molecular flexibility index (Phi) is 4.50. The first-order valence-electron chi connectivity index (χ1n) is 5.33. The molecule has 0 atom stereocenters. The number of carbonyl (C=O) groups excluding carboxylic acids is 1. The molecule has 0 N–H and O–H groups in total. The van der Waals surface area contributed by atoms with Crippen LogP contribution in [0, 0.1) is 20.0 Å². The van der Waals surface area contributed by atoms with Crippen molar-refractivity contribution in [3.05, 3.63) is 41.0 Å². The number of rotatable bonds is 4. The summed E-state index contributed by atoms with van der Waals surface area (Å²) in [6.45, 7) is 7.56. The van der Waals surface area contributed by atoms with Crippen molar-refractivity contribution in [2.24, 2.45) is 0 Å². The molecule has 0 amide bonds. The zero-order chi connectivity index (χ0) is 12.1. The lowest BCUT2D eigenvalue weighted by Crippen LogP contribution is -2.09. The molecule has 0 bridgehead atoms. The highest BCUT2D eigenvalue weighted by Gasteiger charge is 2.13. The average molecular weight is 221 g/mol. The number of aryl methyl sites for hydroxylation is 2. The summed E-state index contributed by atoms with van der Waals surface area (Å²) in [6.07, 6.45) is 1.40. The zero-order valence-corrected chi connectivity index (χ0v) is 10.2. The molecule has 0 aromatic heterocycles. The summed E-state index contributed by atoms with van der Waals surface area (Å²) < 4.78 is 0. The topological polar surface area (TPSA) is 35.5 Å². The Morgan fingerprint density at radius 2 is 1.94 bits per heavy atom. The monoisotopic (exact) mass is 221 g/mol. The first-order chi connectivity index (χ1) is 7.54. The maximum Gasteiger partial charge on any atom is 0.373 e. The van der Waals surface area contributed by atoms with E-state index in [4.69, 9.17) is 9.78 Å². The minimum Gasteiger partial charge on any atom is -0.292 e. The fraction of sp³-hybridized carbons (Fsp3) is 0.385. The van der Waals surface area contributed by atoms with Crippen LogP contribution in [0.5, 0.6) is 0 Å². The second-order valence-electron chi connectivity index (χ2n) is 3.83. The van der Waals surface area contributed by atoms with Crippen molar-refractivity contribution in [1.29, 1.82) is 0 Å². The predicted molar refractivity (Wildman–Crippen MR) is 61.6 cm³/mol. The SMILES string of the molecule is CC[C](C)OOC(=O)c1ccc(C)cc1C. The van der Waals surface area contributed by atoms with Crippen LogP contribution in [0.15, 0.2) is 18.2 Å². The Morgan fingerprint density at radius 3 is 2.50 bits per heavy atom. The van der Waals surface area contributed by atoms with Gasteiger partial charge < -0.3 is 0 Å². The van der Waals surface area contributed by atoms with E-state index in [0.29, 0.717) is 11.7 Å². The quantitative estimate of drug-likeness (QED) is 0.577. The Hall–Kier alpha value is -1.35. The van der Waals surface area contributed by atoms with Gasteiger partial charge in [-0.2, -0.15) is 4.89 Å². The predicted octanol–water partition coefficient (Wildman–Crippen LogP) is 3.35. The highest BCUT2D eigenvalue weighted by Crippen LogP contribution is 2.14. The van der Waals surface area contributed by atoms with E-state index in [1.165, 1.54) is 0 Å². The van der Waals surface area contributed by atoms with Crippen molar-refractivity contribution in [2.75, 3.05) is 0 Å². The molecule has 16 heavy (non-hydrogen) atoms. The molecule has 1 radical (unpaired) electrons. The molecule has 0 aliphatic carbocycles. The van der Waals surface area contributed by atoms with Crippen molar-refractivity contribution in [3.63, 3.8) is 0 Å². The Morgan fingerprint density at radius 1 is 1.25 bits per heavy atom. The van der Waals surface area contributed by atoms with Gasteiger partial charge >= 0.3 is 5.97 Å². The third-order valence-electron chi connectivity index (χ3n) is 2.36. The number of hydrogen-bond donors (Lipinski definition) is 0. The smallest absolute Gasteiger partial charge is 0.292 e. The first kappa shape index (κ1) is 12.7. The van der Waals surface area contributed by atoms with Crippen LogP contribution in [0.1, 0.15) is 41.8 Å². The van der Waals surface area contributed by atoms with Gasteiger partial charge in [0.2, 0.25) is 0 Å². The molecule has 0 fully saturated rings. The largest absolute Gasteiger partial charge is 0.373 e. The Balaban J connectivity index is 2.66. The van der Waals surface area contributed by atoms with Crippen molar-refractivity contribution in [2.45, 2.75) is 34.1 Å². The minimum absolute atomic E-state index is 0.453. The van der Waals surface area contributed by atoms with E-state index in [1.807, 2.05) is 32.9 Å². The summed E-state index contributed by atoms with van der Waals surface area (Å²) in [5.74, 6) is -0.453. The van der Waals surface area contributed by atoms with Gasteiger partial charge in [0.1, 0.15) is 6.10 Å². The molecule has 0 unspecified atom stereocenters. The van der Waals surface area contributed by atoms with Crippen LogP contribution in [0.4, 0.5) is 0 Å². The number of benzene rings is 1. The molecule has 3 nitrogen and oxygen atoms in total. The third-order valence-corrected chi connectivity index (χ3v) is 2.36. The van der Waals surface area contributed by atoms with E-state index in [1.54, 1.807) is 13.0 Å². The summed E-state index contributed by atoms with van der Waals surface area (Å²) >= 11 is 0. The molecule has 0 spiro atoms. The van der Waals surface area contributed by atoms with Crippen LogP contribution in [-0.4, -0.2) is 5.97 Å². The summed E-state index contributed by atoms with van der Waals surface area (Å²) in [6, 6.07) is 5.56. The van der Waals surface area contributed by atoms with Crippen LogP contribution < -0.4 is 0 Å². The van der Waals surface area contributed by atoms with Crippen molar-refractivity contribution < 1.29 is 14.6 Å². The second kappa shape index (κ2) is 5.66. The fourth-order valence-corrected chi connectivity index (χ4v) is 1.26. The Bertz CT molecular complexity index is 371. The fourth-order valence-electron chi connectivity index (χ4n) is 1.26. The molecule has 1 aromatic carbocycles. The molecule has 0 saturated carbocycles. The molecule has 0 aliphatic rings. The van der Waals surface area contributed by atoms with E-state index in [-0.39, 0.29) is 0 Å². The van der Waals surface area contributed by atoms with Crippen molar-refractivity contribution in [3.8, 4) is 0 Å². The molecule has 87 valence electrons. The molecule has 0 aliphatic heterocycles. The standard InChI is InChI=1S/C13H17O3/c1-5-11(4)15-16-13(14)12-7-6-9(2)8-10(12)3/h6-8H,5H2,1-4H3. The van der Waals surface area contributed by atoms with Crippen LogP contribution in [0.25, 0.3) is 0 Å². The van der Waals surface area contributed by atoms with Gasteiger partial charge in [0.25, 0.3) is 0 Å². The highest BCUT2D eigenvalue weighted by atomic mass is 17.2. The minimum atomic E-state index is -0.453. The maximum atomic E-state index is 11.6. The van der Waals surface area contributed by atoms with Gasteiger partial charge in [0, 0.05) is 0 Å². The van der Waals surface area contributed by atoms with Crippen LogP contribution in [-0.2, 0) is 9.78 Å². The lowest BCUT2D eigenvalue weighted by atomic mass is 10.1. The van der Waals surface area contributed by atoms with Gasteiger partial charge in [-0.05, 0) is 38.8 Å². The molecule has 3 heteroatoms. The van der Waals surface area contributed by atoms with E-state index in [9.17, 15) is 4.79 Å². The van der Waals surface area contributed by atoms with Gasteiger partial charge in [0.15, 0.2) is 0 Å². The lowest BCUT2D eigenvalue weighted by molar-refractivity contribution is -0.232. The van der Waals surface area contributed by atoms with E-state index in [2.05, 4.69) is 0 Å². The lowest BCUT2D eigenvalue weighted by Gasteiger charge is -2.09. The number of carbonyl (C=O) groups is 1. The van der Waals surface area contributed by atoms with Gasteiger partial charge in [-0.15, -0.1) is 0 Å². The van der Waals surface area contributed by atoms with E-state index >= 15 is 0 Å². The van der Waals surface area contributed by atoms with Crippen LogP contribution >= 0.6 is 0 Å². The van der Waals surface area contributed by atoms with Crippen LogP contribution in [0.3, 0.4) is 0 Å². The molecule has 0 heterocycles. The molecule has 1 rings (SSSR count). The van der Waals surface area contributed by atoms with Crippen LogP contribution in [0.2, 0.25) is 0 Å². The van der Waals surface area contributed by atoms with Crippen molar-refractivity contribution in [1.82, 2.24) is 0 Å². The summed E-state index contributed by atoms with van der Waals surface area (Å²) in [7, 11) is 0. The van der Waals surface area contributed by atoms with Gasteiger partial charge in [-0.1, -0.05) is 24.6 Å².